The number of aliphatic hydroxyl groups is 1. The van der Waals surface area contributed by atoms with Crippen molar-refractivity contribution in [3.05, 3.63) is 34.6 Å². The van der Waals surface area contributed by atoms with Crippen molar-refractivity contribution < 1.29 is 23.9 Å². The predicted molar refractivity (Wildman–Crippen MR) is 68.4 cm³/mol. The minimum Gasteiger partial charge on any atom is -0.369 e. The van der Waals surface area contributed by atoms with Gasteiger partial charge in [-0.15, -0.1) is 0 Å². The number of rotatable bonds is 1. The normalized spacial score (nSPS) is 25.1. The van der Waals surface area contributed by atoms with Crippen LogP contribution in [0.2, 0.25) is 0 Å². The van der Waals surface area contributed by atoms with Gasteiger partial charge in [-0.25, -0.2) is 4.39 Å². The molecule has 0 saturated carbocycles. The molecular weight excluding hydrogens is 279 g/mol. The number of hydrogen-bond donors (Lipinski definition) is 2. The van der Waals surface area contributed by atoms with Crippen molar-refractivity contribution in [3.63, 3.8) is 0 Å². The van der Waals surface area contributed by atoms with Gasteiger partial charge in [-0.05, 0) is 31.0 Å². The van der Waals surface area contributed by atoms with E-state index in [1.807, 2.05) is 0 Å². The van der Waals surface area contributed by atoms with Crippen LogP contribution in [0.4, 0.5) is 4.39 Å². The van der Waals surface area contributed by atoms with Crippen LogP contribution in [0.5, 0.6) is 0 Å². The Bertz CT molecular complexity index is 673. The van der Waals surface area contributed by atoms with Gasteiger partial charge in [0.1, 0.15) is 11.9 Å². The first-order valence-electron chi connectivity index (χ1n) is 6.54. The van der Waals surface area contributed by atoms with E-state index in [0.29, 0.717) is 5.56 Å². The highest BCUT2D eigenvalue weighted by Gasteiger charge is 2.44. The van der Waals surface area contributed by atoms with E-state index in [2.05, 4.69) is 5.32 Å². The molecule has 7 heteroatoms. The number of carbonyl (C=O) groups is 3. The van der Waals surface area contributed by atoms with Gasteiger partial charge >= 0.3 is 0 Å². The fraction of sp³-hybridized carbons (Fsp3) is 0.357. The molecule has 1 aromatic rings. The maximum atomic E-state index is 13.6. The number of benzene rings is 1. The third kappa shape index (κ3) is 2.01. The number of nitrogens with one attached hydrogen (secondary N) is 1. The average Bonchev–Trinajstić information content (AvgIpc) is 2.64. The molecule has 3 rings (SSSR count). The number of aliphatic hydroxyl groups excluding tert-OH is 1. The van der Waals surface area contributed by atoms with Gasteiger partial charge in [-0.2, -0.15) is 0 Å². The Kier molecular flexibility index (Phi) is 3.02. The number of nitrogens with zero attached hydrogens (tertiary/aromatic N) is 1. The molecule has 1 fully saturated rings. The predicted octanol–water partition coefficient (Wildman–Crippen LogP) is 0.386. The van der Waals surface area contributed by atoms with Gasteiger partial charge in [0.2, 0.25) is 11.8 Å². The first-order valence-corrected chi connectivity index (χ1v) is 6.54. The van der Waals surface area contributed by atoms with Gasteiger partial charge < -0.3 is 5.11 Å². The van der Waals surface area contributed by atoms with E-state index in [4.69, 9.17) is 0 Å². The monoisotopic (exact) mass is 292 g/mol. The van der Waals surface area contributed by atoms with Crippen LogP contribution in [0.1, 0.15) is 40.6 Å². The van der Waals surface area contributed by atoms with Crippen LogP contribution in [0.25, 0.3) is 0 Å². The number of imide groups is 1. The van der Waals surface area contributed by atoms with Crippen molar-refractivity contribution in [2.24, 2.45) is 0 Å². The van der Waals surface area contributed by atoms with Crippen LogP contribution >= 0.6 is 0 Å². The van der Waals surface area contributed by atoms with Gasteiger partial charge in [-0.1, -0.05) is 0 Å². The maximum absolute atomic E-state index is 13.6. The Balaban J connectivity index is 1.98. The zero-order valence-electron chi connectivity index (χ0n) is 11.2. The van der Waals surface area contributed by atoms with E-state index in [1.165, 1.54) is 13.0 Å². The standard InChI is InChI=1S/C14H13FN2O4/c1-6-4-7-8(5-9(6)15)14(21)17(13(7)20)10-2-3-11(18)16-12(10)19/h4-5,10,14,21H,2-3H2,1H3,(H,16,18,19)/t10-,14?/m1/s1. The van der Waals surface area contributed by atoms with Crippen molar-refractivity contribution in [1.29, 1.82) is 0 Å². The summed E-state index contributed by atoms with van der Waals surface area (Å²) in [6, 6.07) is 1.54. The van der Waals surface area contributed by atoms with Crippen LogP contribution in [-0.2, 0) is 9.59 Å². The van der Waals surface area contributed by atoms with Crippen LogP contribution in [0, 0.1) is 12.7 Å². The summed E-state index contributed by atoms with van der Waals surface area (Å²) in [7, 11) is 0. The lowest BCUT2D eigenvalue weighted by Crippen LogP contribution is -2.53. The Labute approximate surface area is 119 Å². The first kappa shape index (κ1) is 13.7. The average molecular weight is 292 g/mol. The molecule has 3 amide bonds. The summed E-state index contributed by atoms with van der Waals surface area (Å²) >= 11 is 0. The molecule has 1 unspecified atom stereocenters. The summed E-state index contributed by atoms with van der Waals surface area (Å²) in [6.07, 6.45) is -1.15. The third-order valence-corrected chi connectivity index (χ3v) is 3.88. The highest BCUT2D eigenvalue weighted by atomic mass is 19.1. The molecule has 2 aliphatic heterocycles. The Morgan fingerprint density at radius 3 is 2.71 bits per heavy atom. The van der Waals surface area contributed by atoms with E-state index in [-0.39, 0.29) is 24.0 Å². The molecule has 1 saturated heterocycles. The highest BCUT2D eigenvalue weighted by molar-refractivity contribution is 6.05. The number of carbonyl (C=O) groups excluding carboxylic acids is 3. The zero-order chi connectivity index (χ0) is 15.3. The van der Waals surface area contributed by atoms with Crippen molar-refractivity contribution in [1.82, 2.24) is 10.2 Å². The molecule has 110 valence electrons. The summed E-state index contributed by atoms with van der Waals surface area (Å²) in [6.45, 7) is 1.52. The van der Waals surface area contributed by atoms with Crippen molar-refractivity contribution in [2.45, 2.75) is 32.0 Å². The second-order valence-electron chi connectivity index (χ2n) is 5.24. The van der Waals surface area contributed by atoms with E-state index in [1.54, 1.807) is 0 Å². The lowest BCUT2D eigenvalue weighted by atomic mass is 10.0. The molecule has 0 aromatic heterocycles. The van der Waals surface area contributed by atoms with Gasteiger partial charge in [0.15, 0.2) is 6.23 Å². The number of halogens is 1. The molecule has 21 heavy (non-hydrogen) atoms. The number of aryl methyl sites for hydroxylation is 1. The largest absolute Gasteiger partial charge is 0.369 e. The zero-order valence-corrected chi connectivity index (χ0v) is 11.2. The van der Waals surface area contributed by atoms with Gasteiger partial charge in [0.05, 0.1) is 0 Å². The molecule has 0 aliphatic carbocycles. The van der Waals surface area contributed by atoms with Gasteiger partial charge in [0.25, 0.3) is 5.91 Å². The summed E-state index contributed by atoms with van der Waals surface area (Å²) in [5, 5.41) is 12.4. The van der Waals surface area contributed by atoms with Crippen LogP contribution in [0.15, 0.2) is 12.1 Å². The molecule has 2 aliphatic rings. The summed E-state index contributed by atoms with van der Waals surface area (Å²) in [4.78, 5) is 36.4. The second kappa shape index (κ2) is 4.63. The Morgan fingerprint density at radius 2 is 2.05 bits per heavy atom. The quantitative estimate of drug-likeness (QED) is 0.733. The summed E-state index contributed by atoms with van der Waals surface area (Å²) in [5.41, 5.74) is 0.623. The van der Waals surface area contributed by atoms with Gasteiger partial charge in [-0.3, -0.25) is 24.6 Å². The Hall–Kier alpha value is -2.28. The third-order valence-electron chi connectivity index (χ3n) is 3.88. The molecule has 2 atom stereocenters. The van der Waals surface area contributed by atoms with Crippen molar-refractivity contribution >= 4 is 17.7 Å². The number of fused-ring (bicyclic) bond motifs is 1. The maximum Gasteiger partial charge on any atom is 0.257 e. The SMILES string of the molecule is Cc1cc2c(cc1F)C(O)N([C@@H]1CCC(=O)NC1=O)C2=O. The van der Waals surface area contributed by atoms with Crippen molar-refractivity contribution in [3.8, 4) is 0 Å². The summed E-state index contributed by atoms with van der Waals surface area (Å²) < 4.78 is 13.6. The number of piperidine rings is 1. The van der Waals surface area contributed by atoms with E-state index >= 15 is 0 Å². The van der Waals surface area contributed by atoms with Crippen LogP contribution < -0.4 is 5.32 Å². The van der Waals surface area contributed by atoms with E-state index in [9.17, 15) is 23.9 Å². The lowest BCUT2D eigenvalue weighted by molar-refractivity contribution is -0.139. The van der Waals surface area contributed by atoms with Crippen LogP contribution in [0.3, 0.4) is 0 Å². The van der Waals surface area contributed by atoms with Crippen LogP contribution in [-0.4, -0.2) is 33.8 Å². The molecular formula is C14H13FN2O4. The molecule has 2 heterocycles. The minimum atomic E-state index is -1.38. The summed E-state index contributed by atoms with van der Waals surface area (Å²) in [5.74, 6) is -2.08. The molecule has 2 N–H and O–H groups in total. The van der Waals surface area contributed by atoms with Gasteiger partial charge in [0, 0.05) is 17.5 Å². The van der Waals surface area contributed by atoms with E-state index in [0.717, 1.165) is 11.0 Å². The highest BCUT2D eigenvalue weighted by Crippen LogP contribution is 2.36. The molecule has 6 nitrogen and oxygen atoms in total. The topological polar surface area (TPSA) is 86.7 Å². The van der Waals surface area contributed by atoms with Crippen molar-refractivity contribution in [2.75, 3.05) is 0 Å². The molecule has 0 spiro atoms. The first-order chi connectivity index (χ1) is 9.90. The van der Waals surface area contributed by atoms with E-state index < -0.39 is 35.8 Å². The second-order valence-corrected chi connectivity index (χ2v) is 5.24. The lowest BCUT2D eigenvalue weighted by Gasteiger charge is -2.31. The minimum absolute atomic E-state index is 0.0939. The molecule has 1 aromatic carbocycles. The number of amides is 3. The Morgan fingerprint density at radius 1 is 1.33 bits per heavy atom. The molecule has 0 bridgehead atoms. The fourth-order valence-corrected chi connectivity index (χ4v) is 2.76. The number of hydrogen-bond acceptors (Lipinski definition) is 4. The molecule has 0 radical (unpaired) electrons. The smallest absolute Gasteiger partial charge is 0.257 e. The fourth-order valence-electron chi connectivity index (χ4n) is 2.76.